The normalized spacial score (nSPS) is 32.8. The molecule has 0 radical (unpaired) electrons. The highest BCUT2D eigenvalue weighted by Crippen LogP contribution is 2.60. The van der Waals surface area contributed by atoms with Crippen LogP contribution in [-0.4, -0.2) is 74.1 Å². The fraction of sp³-hybridized carbons (Fsp3) is 0.667. The molecule has 0 aromatic heterocycles. The van der Waals surface area contributed by atoms with Crippen molar-refractivity contribution in [3.63, 3.8) is 0 Å². The van der Waals surface area contributed by atoms with Crippen molar-refractivity contribution < 1.29 is 28.2 Å². The van der Waals surface area contributed by atoms with Gasteiger partial charge in [-0.15, -0.1) is 0 Å². The van der Waals surface area contributed by atoms with Gasteiger partial charge in [0.05, 0.1) is 29.8 Å². The second kappa shape index (κ2) is 9.63. The van der Waals surface area contributed by atoms with Gasteiger partial charge in [0.2, 0.25) is 17.7 Å². The predicted molar refractivity (Wildman–Crippen MR) is 133 cm³/mol. The summed E-state index contributed by atoms with van der Waals surface area (Å²) in [6, 6.07) is 6.74. The first-order valence-corrected chi connectivity index (χ1v) is 13.5. The average molecular weight is 515 g/mol. The van der Waals surface area contributed by atoms with Crippen molar-refractivity contribution in [3.05, 3.63) is 29.8 Å². The van der Waals surface area contributed by atoms with Crippen LogP contribution in [-0.2, 0) is 29.3 Å². The van der Waals surface area contributed by atoms with Crippen molar-refractivity contribution in [2.24, 2.45) is 0 Å². The molecule has 37 heavy (non-hydrogen) atoms. The maximum Gasteiger partial charge on any atom is 0.249 e. The summed E-state index contributed by atoms with van der Waals surface area (Å²) >= 11 is 0. The Labute approximate surface area is 215 Å². The Kier molecular flexibility index (Phi) is 6.45. The van der Waals surface area contributed by atoms with E-state index in [4.69, 9.17) is 9.47 Å². The minimum Gasteiger partial charge on any atom is -0.381 e. The predicted octanol–water partition coefficient (Wildman–Crippen LogP) is 1.44. The summed E-state index contributed by atoms with van der Waals surface area (Å²) in [6.45, 7) is 0.696. The van der Waals surface area contributed by atoms with Crippen molar-refractivity contribution in [1.82, 2.24) is 16.0 Å². The second-order valence-electron chi connectivity index (χ2n) is 11.1. The molecule has 4 fully saturated rings. The Morgan fingerprint density at radius 1 is 1.05 bits per heavy atom. The first-order chi connectivity index (χ1) is 18.0. The van der Waals surface area contributed by atoms with E-state index in [1.54, 1.807) is 6.07 Å². The van der Waals surface area contributed by atoms with E-state index in [0.29, 0.717) is 38.2 Å². The minimum atomic E-state index is -0.938. The number of anilines is 1. The number of alkyl halides is 1. The monoisotopic (exact) mass is 514 g/mol. The lowest BCUT2D eigenvalue weighted by Gasteiger charge is -2.49. The number of para-hydroxylation sites is 1. The average Bonchev–Trinajstić information content (AvgIpc) is 3.39. The van der Waals surface area contributed by atoms with Gasteiger partial charge in [0.1, 0.15) is 6.10 Å². The molecule has 2 unspecified atom stereocenters. The lowest BCUT2D eigenvalue weighted by molar-refractivity contribution is -0.138. The van der Waals surface area contributed by atoms with Crippen LogP contribution in [0.1, 0.15) is 56.9 Å². The molecule has 4 aliphatic heterocycles. The molecule has 6 rings (SSSR count). The largest absolute Gasteiger partial charge is 0.381 e. The highest BCUT2D eigenvalue weighted by Gasteiger charge is 2.70. The smallest absolute Gasteiger partial charge is 0.249 e. The Hall–Kier alpha value is -2.56. The Morgan fingerprint density at radius 3 is 2.49 bits per heavy atom. The number of hydrogen-bond acceptors (Lipinski definition) is 6. The van der Waals surface area contributed by atoms with Crippen molar-refractivity contribution >= 4 is 23.4 Å². The van der Waals surface area contributed by atoms with Gasteiger partial charge in [0.25, 0.3) is 0 Å². The number of benzene rings is 1. The van der Waals surface area contributed by atoms with Gasteiger partial charge in [-0.05, 0) is 63.0 Å². The molecule has 1 aromatic carbocycles. The van der Waals surface area contributed by atoms with Gasteiger partial charge in [0.15, 0.2) is 6.80 Å². The molecule has 3 saturated heterocycles. The van der Waals surface area contributed by atoms with Crippen LogP contribution >= 0.6 is 0 Å². The summed E-state index contributed by atoms with van der Waals surface area (Å²) in [4.78, 5) is 40.9. The SMILES string of the molecule is O=C(N[C@@H]1CC[C@@H](C(=O)NC2CCOCC2)OC1)C1CC2(C(=O)N(CF)c3ccccc32)C2(CCC2)N1. The molecule has 2 spiro atoms. The van der Waals surface area contributed by atoms with E-state index in [0.717, 1.165) is 37.7 Å². The maximum absolute atomic E-state index is 14.0. The van der Waals surface area contributed by atoms with Crippen molar-refractivity contribution in [3.8, 4) is 0 Å². The van der Waals surface area contributed by atoms with E-state index in [1.807, 2.05) is 18.2 Å². The van der Waals surface area contributed by atoms with Crippen molar-refractivity contribution in [1.29, 1.82) is 0 Å². The molecule has 0 bridgehead atoms. The third kappa shape index (κ3) is 3.95. The quantitative estimate of drug-likeness (QED) is 0.514. The van der Waals surface area contributed by atoms with E-state index in [1.165, 1.54) is 4.90 Å². The number of rotatable bonds is 5. The highest BCUT2D eigenvalue weighted by molar-refractivity contribution is 6.10. The summed E-state index contributed by atoms with van der Waals surface area (Å²) in [5.41, 5.74) is -0.0519. The Bertz CT molecular complexity index is 1070. The molecular weight excluding hydrogens is 479 g/mol. The lowest BCUT2D eigenvalue weighted by atomic mass is 9.57. The van der Waals surface area contributed by atoms with E-state index in [2.05, 4.69) is 16.0 Å². The number of hydrogen-bond donors (Lipinski definition) is 3. The summed E-state index contributed by atoms with van der Waals surface area (Å²) in [7, 11) is 0. The highest BCUT2D eigenvalue weighted by atomic mass is 19.1. The van der Waals surface area contributed by atoms with Gasteiger partial charge in [-0.25, -0.2) is 4.39 Å². The Balaban J connectivity index is 1.10. The summed E-state index contributed by atoms with van der Waals surface area (Å²) < 4.78 is 25.2. The second-order valence-corrected chi connectivity index (χ2v) is 11.1. The zero-order valence-electron chi connectivity index (χ0n) is 21.0. The molecule has 1 saturated carbocycles. The number of ether oxygens (including phenoxy) is 2. The molecule has 1 aliphatic carbocycles. The van der Waals surface area contributed by atoms with Crippen LogP contribution in [0.15, 0.2) is 24.3 Å². The molecule has 5 aliphatic rings. The molecule has 9 nitrogen and oxygen atoms in total. The number of carbonyl (C=O) groups excluding carboxylic acids is 3. The first-order valence-electron chi connectivity index (χ1n) is 13.5. The number of nitrogens with one attached hydrogen (secondary N) is 3. The van der Waals surface area contributed by atoms with Crippen LogP contribution < -0.4 is 20.9 Å². The van der Waals surface area contributed by atoms with E-state index < -0.39 is 29.9 Å². The van der Waals surface area contributed by atoms with E-state index >= 15 is 0 Å². The van der Waals surface area contributed by atoms with Crippen LogP contribution in [0.4, 0.5) is 10.1 Å². The maximum atomic E-state index is 14.0. The fourth-order valence-corrected chi connectivity index (χ4v) is 7.08. The molecule has 200 valence electrons. The fourth-order valence-electron chi connectivity index (χ4n) is 7.08. The zero-order valence-corrected chi connectivity index (χ0v) is 21.0. The number of amides is 3. The molecule has 3 N–H and O–H groups in total. The lowest BCUT2D eigenvalue weighted by Crippen LogP contribution is -2.63. The van der Waals surface area contributed by atoms with Crippen LogP contribution in [0.25, 0.3) is 0 Å². The van der Waals surface area contributed by atoms with Gasteiger partial charge in [-0.3, -0.25) is 24.6 Å². The topological polar surface area (TPSA) is 109 Å². The number of carbonyl (C=O) groups is 3. The van der Waals surface area contributed by atoms with Gasteiger partial charge in [0, 0.05) is 24.8 Å². The number of nitrogens with zero attached hydrogens (tertiary/aromatic N) is 1. The van der Waals surface area contributed by atoms with Gasteiger partial charge < -0.3 is 20.1 Å². The van der Waals surface area contributed by atoms with Crippen LogP contribution in [0.2, 0.25) is 0 Å². The standard InChI is InChI=1S/C27H35FN4O5/c28-16-32-21-5-2-1-4-19(21)27(25(32)35)14-20(31-26(27)10-3-11-26)23(33)30-18-6-7-22(37-15-18)24(34)29-17-8-12-36-13-9-17/h1-2,4-5,17-18,20,22,31H,3,6-16H2,(H,29,34)(H,30,33)/t18-,20?,22+,27?/m1/s1. The molecular formula is C27H35FN4O5. The van der Waals surface area contributed by atoms with Crippen LogP contribution in [0.3, 0.4) is 0 Å². The van der Waals surface area contributed by atoms with E-state index in [9.17, 15) is 18.8 Å². The summed E-state index contributed by atoms with van der Waals surface area (Å²) in [6.07, 6.45) is 5.08. The third-order valence-electron chi connectivity index (χ3n) is 9.17. The summed E-state index contributed by atoms with van der Waals surface area (Å²) in [5.74, 6) is -0.525. The van der Waals surface area contributed by atoms with E-state index in [-0.39, 0.29) is 36.4 Å². The molecule has 4 heterocycles. The summed E-state index contributed by atoms with van der Waals surface area (Å²) in [5, 5.41) is 9.66. The first kappa shape index (κ1) is 24.8. The Morgan fingerprint density at radius 2 is 1.81 bits per heavy atom. The van der Waals surface area contributed by atoms with Gasteiger partial charge in [-0.2, -0.15) is 0 Å². The van der Waals surface area contributed by atoms with Crippen molar-refractivity contribution in [2.75, 3.05) is 31.5 Å². The van der Waals surface area contributed by atoms with Gasteiger partial charge in [-0.1, -0.05) is 18.2 Å². The van der Waals surface area contributed by atoms with Crippen LogP contribution in [0.5, 0.6) is 0 Å². The minimum absolute atomic E-state index is 0.0983. The zero-order chi connectivity index (χ0) is 25.6. The molecule has 4 atom stereocenters. The molecule has 1 aromatic rings. The van der Waals surface area contributed by atoms with Gasteiger partial charge >= 0.3 is 0 Å². The number of fused-ring (bicyclic) bond motifs is 3. The van der Waals surface area contributed by atoms with Crippen LogP contribution in [0, 0.1) is 0 Å². The van der Waals surface area contributed by atoms with Crippen molar-refractivity contribution in [2.45, 2.75) is 86.5 Å². The number of halogens is 1. The molecule has 10 heteroatoms. The molecule has 3 amide bonds. The third-order valence-corrected chi connectivity index (χ3v) is 9.17.